The highest BCUT2D eigenvalue weighted by molar-refractivity contribution is 7.99. The molecule has 2 heterocycles. The zero-order valence-electron chi connectivity index (χ0n) is 23.5. The Bertz CT molecular complexity index is 1410. The Balaban J connectivity index is 1.58. The van der Waals surface area contributed by atoms with E-state index in [0.717, 1.165) is 42.3 Å². The number of nitrogens with zero attached hydrogens (tertiary/aromatic N) is 2. The van der Waals surface area contributed by atoms with Crippen LogP contribution in [0.5, 0.6) is 0 Å². The van der Waals surface area contributed by atoms with Crippen LogP contribution in [0.25, 0.3) is 11.3 Å². The van der Waals surface area contributed by atoms with E-state index in [4.69, 9.17) is 4.74 Å². The van der Waals surface area contributed by atoms with Gasteiger partial charge in [0.2, 0.25) is 0 Å². The Morgan fingerprint density at radius 3 is 2.39 bits per heavy atom. The van der Waals surface area contributed by atoms with Gasteiger partial charge in [0.1, 0.15) is 34.4 Å². The summed E-state index contributed by atoms with van der Waals surface area (Å²) < 4.78 is 48.7. The highest BCUT2D eigenvalue weighted by Gasteiger charge is 2.38. The van der Waals surface area contributed by atoms with Crippen molar-refractivity contribution >= 4 is 29.4 Å². The van der Waals surface area contributed by atoms with Crippen molar-refractivity contribution in [3.8, 4) is 11.3 Å². The molecule has 1 saturated carbocycles. The van der Waals surface area contributed by atoms with Gasteiger partial charge in [-0.25, -0.2) is 22.9 Å². The summed E-state index contributed by atoms with van der Waals surface area (Å²) in [5.41, 5.74) is -0.850. The quantitative estimate of drug-likeness (QED) is 0.325. The smallest absolute Gasteiger partial charge is 0.407 e. The van der Waals surface area contributed by atoms with Crippen molar-refractivity contribution in [3.05, 3.63) is 77.5 Å². The Labute approximate surface area is 241 Å². The lowest BCUT2D eigenvalue weighted by atomic mass is 9.75. The van der Waals surface area contributed by atoms with Crippen LogP contribution in [0.4, 0.5) is 23.7 Å². The van der Waals surface area contributed by atoms with Crippen LogP contribution in [0.1, 0.15) is 62.5 Å². The molecule has 11 heteroatoms. The summed E-state index contributed by atoms with van der Waals surface area (Å²) in [6.45, 7) is 7.55. The van der Waals surface area contributed by atoms with Crippen LogP contribution in [0, 0.1) is 23.4 Å². The highest BCUT2D eigenvalue weighted by atomic mass is 32.2. The van der Waals surface area contributed by atoms with Gasteiger partial charge < -0.3 is 15.4 Å². The topological polar surface area (TPSA) is 93.2 Å². The van der Waals surface area contributed by atoms with Gasteiger partial charge in [0.15, 0.2) is 0 Å². The van der Waals surface area contributed by atoms with Crippen LogP contribution in [-0.4, -0.2) is 45.1 Å². The Morgan fingerprint density at radius 2 is 1.73 bits per heavy atom. The first-order valence-corrected chi connectivity index (χ1v) is 14.5. The summed E-state index contributed by atoms with van der Waals surface area (Å²) in [4.78, 5) is 34.0. The molecule has 2 N–H and O–H groups in total. The molecule has 1 aliphatic rings. The molecule has 4 rings (SSSR count). The summed E-state index contributed by atoms with van der Waals surface area (Å²) in [5, 5.41) is 5.99. The lowest BCUT2D eigenvalue weighted by Crippen LogP contribution is -2.49. The molecule has 2 amide bonds. The number of aromatic nitrogens is 2. The van der Waals surface area contributed by atoms with E-state index >= 15 is 0 Å². The second-order valence-electron chi connectivity index (χ2n) is 11.1. The first-order valence-electron chi connectivity index (χ1n) is 13.3. The Hall–Kier alpha value is -3.60. The Kier molecular flexibility index (Phi) is 9.26. The molecule has 4 atom stereocenters. The first-order chi connectivity index (χ1) is 19.4. The molecule has 0 radical (unpaired) electrons. The first kappa shape index (κ1) is 30.4. The van der Waals surface area contributed by atoms with Crippen molar-refractivity contribution in [2.45, 2.75) is 63.3 Å². The third kappa shape index (κ3) is 7.19. The molecule has 1 aromatic carbocycles. The minimum absolute atomic E-state index is 0.0316. The lowest BCUT2D eigenvalue weighted by Gasteiger charge is -2.40. The highest BCUT2D eigenvalue weighted by Crippen LogP contribution is 2.42. The van der Waals surface area contributed by atoms with E-state index in [1.165, 1.54) is 6.20 Å². The average Bonchev–Trinajstić information content (AvgIpc) is 2.88. The zero-order chi connectivity index (χ0) is 29.9. The number of alkyl carbamates (subject to hydrolysis) is 1. The zero-order valence-corrected chi connectivity index (χ0v) is 24.3. The van der Waals surface area contributed by atoms with Crippen molar-refractivity contribution in [2.75, 3.05) is 11.6 Å². The number of anilines is 1. The molecule has 0 aliphatic heterocycles. The van der Waals surface area contributed by atoms with E-state index in [-0.39, 0.29) is 28.8 Å². The number of ether oxygens (including phenoxy) is 1. The molecular formula is C30H33F3N4O3S. The minimum Gasteiger partial charge on any atom is -0.444 e. The summed E-state index contributed by atoms with van der Waals surface area (Å²) >= 11 is 1.69. The number of amides is 2. The van der Waals surface area contributed by atoms with Gasteiger partial charge in [0.25, 0.3) is 5.91 Å². The molecule has 0 saturated heterocycles. The van der Waals surface area contributed by atoms with Gasteiger partial charge in [0.05, 0.1) is 17.4 Å². The van der Waals surface area contributed by atoms with Crippen molar-refractivity contribution in [1.29, 1.82) is 0 Å². The van der Waals surface area contributed by atoms with Crippen molar-refractivity contribution in [2.24, 2.45) is 5.92 Å². The summed E-state index contributed by atoms with van der Waals surface area (Å²) in [5.74, 6) is -3.43. The summed E-state index contributed by atoms with van der Waals surface area (Å²) in [7, 11) is 0. The third-order valence-corrected chi connectivity index (χ3v) is 8.28. The molecule has 2 aromatic heterocycles. The van der Waals surface area contributed by atoms with Crippen LogP contribution in [-0.2, 0) is 4.74 Å². The number of thioether (sulfide) groups is 1. The number of hydrogen-bond donors (Lipinski definition) is 2. The molecule has 218 valence electrons. The standard InChI is InChI=1S/C30H33F3N4O3S/c1-16-13-17(14-23(27(16)41-5)37-29(39)40-30(2,3)4)18-11-12-34-15-24(18)36-28(38)22-10-9-21(33)26(35-22)25-19(31)7-6-8-20(25)32/h6-12,15-17,23,27H,13-14H2,1-5H3,(H,36,38)(H,37,39). The predicted octanol–water partition coefficient (Wildman–Crippen LogP) is 6.95. The van der Waals surface area contributed by atoms with E-state index in [2.05, 4.69) is 27.5 Å². The largest absolute Gasteiger partial charge is 0.444 e. The predicted molar refractivity (Wildman–Crippen MR) is 153 cm³/mol. The average molecular weight is 587 g/mol. The van der Waals surface area contributed by atoms with E-state index in [1.807, 2.05) is 33.1 Å². The van der Waals surface area contributed by atoms with Gasteiger partial charge >= 0.3 is 6.09 Å². The maximum atomic E-state index is 14.5. The van der Waals surface area contributed by atoms with Gasteiger partial charge in [-0.1, -0.05) is 13.0 Å². The fourth-order valence-corrected chi connectivity index (χ4v) is 6.37. The number of halogens is 3. The summed E-state index contributed by atoms with van der Waals surface area (Å²) in [6.07, 6.45) is 6.07. The van der Waals surface area contributed by atoms with E-state index in [0.29, 0.717) is 12.1 Å². The van der Waals surface area contributed by atoms with Gasteiger partial charge in [-0.05, 0) is 87.6 Å². The normalized spacial score (nSPS) is 20.8. The van der Waals surface area contributed by atoms with Crippen LogP contribution in [0.3, 0.4) is 0 Å². The molecule has 4 unspecified atom stereocenters. The van der Waals surface area contributed by atoms with E-state index in [1.54, 1.807) is 18.0 Å². The molecule has 0 bridgehead atoms. The number of carbonyl (C=O) groups excluding carboxylic acids is 2. The van der Waals surface area contributed by atoms with Crippen molar-refractivity contribution in [1.82, 2.24) is 15.3 Å². The fraction of sp³-hybridized carbons (Fsp3) is 0.400. The van der Waals surface area contributed by atoms with Gasteiger partial charge in [0, 0.05) is 17.5 Å². The van der Waals surface area contributed by atoms with Crippen LogP contribution < -0.4 is 10.6 Å². The number of nitrogens with one attached hydrogen (secondary N) is 2. The molecule has 7 nitrogen and oxygen atoms in total. The van der Waals surface area contributed by atoms with Gasteiger partial charge in [-0.15, -0.1) is 0 Å². The number of benzene rings is 1. The fourth-order valence-electron chi connectivity index (χ4n) is 5.29. The molecule has 3 aromatic rings. The van der Waals surface area contributed by atoms with E-state index < -0.39 is 46.3 Å². The molecule has 1 fully saturated rings. The molecule has 1 aliphatic carbocycles. The SMILES string of the molecule is CSC1C(C)CC(c2ccncc2NC(=O)c2ccc(F)c(-c3c(F)cccc3F)n2)CC1NC(=O)OC(C)(C)C. The molecular weight excluding hydrogens is 553 g/mol. The third-order valence-electron chi connectivity index (χ3n) is 6.95. The van der Waals surface area contributed by atoms with Crippen molar-refractivity contribution < 1.29 is 27.5 Å². The molecule has 41 heavy (non-hydrogen) atoms. The van der Waals surface area contributed by atoms with Gasteiger partial charge in [-0.3, -0.25) is 9.78 Å². The monoisotopic (exact) mass is 586 g/mol. The van der Waals surface area contributed by atoms with Crippen LogP contribution in [0.2, 0.25) is 0 Å². The summed E-state index contributed by atoms with van der Waals surface area (Å²) in [6, 6.07) is 6.88. The maximum absolute atomic E-state index is 14.5. The van der Waals surface area contributed by atoms with Crippen LogP contribution in [0.15, 0.2) is 48.8 Å². The molecule has 0 spiro atoms. The maximum Gasteiger partial charge on any atom is 0.407 e. The number of carbonyl (C=O) groups is 2. The second-order valence-corrected chi connectivity index (χ2v) is 12.2. The number of pyridine rings is 2. The second kappa shape index (κ2) is 12.5. The van der Waals surface area contributed by atoms with Gasteiger partial charge in [-0.2, -0.15) is 11.8 Å². The Morgan fingerprint density at radius 1 is 1.02 bits per heavy atom. The number of hydrogen-bond acceptors (Lipinski definition) is 6. The minimum atomic E-state index is -0.993. The number of rotatable bonds is 6. The lowest BCUT2D eigenvalue weighted by molar-refractivity contribution is 0.0485. The van der Waals surface area contributed by atoms with Crippen LogP contribution >= 0.6 is 11.8 Å². The van der Waals surface area contributed by atoms with E-state index in [9.17, 15) is 22.8 Å². The van der Waals surface area contributed by atoms with Crippen molar-refractivity contribution in [3.63, 3.8) is 0 Å².